The van der Waals surface area contributed by atoms with E-state index in [2.05, 4.69) is 0 Å². The molecule has 36 heavy (non-hydrogen) atoms. The maximum atomic E-state index is 13.8. The van der Waals surface area contributed by atoms with Gasteiger partial charge < -0.3 is 9.84 Å². The van der Waals surface area contributed by atoms with Gasteiger partial charge in [-0.3, -0.25) is 14.5 Å². The molecule has 3 aromatic carbocycles. The zero-order chi connectivity index (χ0) is 25.7. The molecule has 0 bridgehead atoms. The maximum Gasteiger partial charge on any atom is 0.301 e. The summed E-state index contributed by atoms with van der Waals surface area (Å²) in [6.45, 7) is 5.74. The second kappa shape index (κ2) is 8.87. The molecule has 1 atom stereocenters. The predicted molar refractivity (Wildman–Crippen MR) is 138 cm³/mol. The first-order valence-corrected chi connectivity index (χ1v) is 12.1. The average Bonchev–Trinajstić information content (AvgIpc) is 3.38. The first kappa shape index (κ1) is 23.7. The Morgan fingerprint density at radius 2 is 1.75 bits per heavy atom. The molecular formula is C28H23FN2O4S. The smallest absolute Gasteiger partial charge is 0.301 e. The molecule has 1 saturated heterocycles. The van der Waals surface area contributed by atoms with Crippen LogP contribution in [0.3, 0.4) is 0 Å². The number of hydrogen-bond donors (Lipinski definition) is 1. The van der Waals surface area contributed by atoms with E-state index in [0.29, 0.717) is 22.0 Å². The molecule has 0 radical (unpaired) electrons. The molecule has 0 spiro atoms. The number of nitrogens with zero attached hydrogens (tertiary/aromatic N) is 2. The number of ether oxygens (including phenoxy) is 1. The predicted octanol–water partition coefficient (Wildman–Crippen LogP) is 6.00. The van der Waals surface area contributed by atoms with Crippen LogP contribution < -0.4 is 9.64 Å². The molecule has 1 N–H and O–H groups in total. The summed E-state index contributed by atoms with van der Waals surface area (Å²) in [5, 5.41) is 11.6. The monoisotopic (exact) mass is 502 g/mol. The Morgan fingerprint density at radius 3 is 2.42 bits per heavy atom. The van der Waals surface area contributed by atoms with Crippen LogP contribution in [0.5, 0.6) is 5.75 Å². The number of benzene rings is 3. The number of methoxy groups -OCH3 is 1. The Hall–Kier alpha value is -4.04. The van der Waals surface area contributed by atoms with Crippen molar-refractivity contribution in [1.82, 2.24) is 4.98 Å². The number of aryl methyl sites for hydroxylation is 3. The Kier molecular flexibility index (Phi) is 5.84. The summed E-state index contributed by atoms with van der Waals surface area (Å²) in [6.07, 6.45) is 0. The summed E-state index contributed by atoms with van der Waals surface area (Å²) in [7, 11) is 1.54. The number of Topliss-reactive ketones (excluding diaryl/α,β-unsaturated/α-hetero) is 1. The minimum atomic E-state index is -0.977. The molecule has 1 aliphatic rings. The largest absolute Gasteiger partial charge is 0.507 e. The zero-order valence-electron chi connectivity index (χ0n) is 20.1. The van der Waals surface area contributed by atoms with Gasteiger partial charge in [-0.05, 0) is 79.4 Å². The summed E-state index contributed by atoms with van der Waals surface area (Å²) >= 11 is 1.29. The van der Waals surface area contributed by atoms with E-state index < -0.39 is 23.5 Å². The van der Waals surface area contributed by atoms with E-state index >= 15 is 0 Å². The summed E-state index contributed by atoms with van der Waals surface area (Å²) < 4.78 is 20.0. The number of carbonyl (C=O) groups excluding carboxylic acids is 2. The second-order valence-corrected chi connectivity index (χ2v) is 9.84. The number of ketones is 1. The van der Waals surface area contributed by atoms with Gasteiger partial charge in [-0.15, -0.1) is 0 Å². The van der Waals surface area contributed by atoms with E-state index in [1.165, 1.54) is 40.5 Å². The summed E-state index contributed by atoms with van der Waals surface area (Å²) in [5.74, 6) is -1.77. The minimum Gasteiger partial charge on any atom is -0.507 e. The van der Waals surface area contributed by atoms with Crippen LogP contribution in [0.2, 0.25) is 0 Å². The van der Waals surface area contributed by atoms with Crippen molar-refractivity contribution >= 4 is 44.1 Å². The van der Waals surface area contributed by atoms with Gasteiger partial charge in [0.25, 0.3) is 5.78 Å². The molecule has 8 heteroatoms. The molecular weight excluding hydrogens is 479 g/mol. The summed E-state index contributed by atoms with van der Waals surface area (Å²) in [4.78, 5) is 32.8. The van der Waals surface area contributed by atoms with Crippen molar-refractivity contribution in [1.29, 1.82) is 0 Å². The number of halogens is 1. The van der Waals surface area contributed by atoms with Gasteiger partial charge in [0.2, 0.25) is 0 Å². The quantitative estimate of drug-likeness (QED) is 0.210. The van der Waals surface area contributed by atoms with Crippen LogP contribution in [0.4, 0.5) is 9.52 Å². The molecule has 5 rings (SSSR count). The Balaban J connectivity index is 1.73. The number of aliphatic hydroxyl groups excluding tert-OH is 1. The van der Waals surface area contributed by atoms with Gasteiger partial charge >= 0.3 is 5.91 Å². The molecule has 182 valence electrons. The van der Waals surface area contributed by atoms with Crippen molar-refractivity contribution in [2.75, 3.05) is 12.0 Å². The van der Waals surface area contributed by atoms with E-state index in [1.807, 2.05) is 32.9 Å². The molecule has 2 heterocycles. The van der Waals surface area contributed by atoms with Crippen molar-refractivity contribution in [2.45, 2.75) is 26.8 Å². The number of fused-ring (bicyclic) bond motifs is 1. The van der Waals surface area contributed by atoms with Crippen molar-refractivity contribution in [2.24, 2.45) is 0 Å². The van der Waals surface area contributed by atoms with Crippen LogP contribution >= 0.6 is 11.3 Å². The number of anilines is 1. The molecule has 0 aliphatic carbocycles. The highest BCUT2D eigenvalue weighted by molar-refractivity contribution is 7.22. The molecule has 1 fully saturated rings. The highest BCUT2D eigenvalue weighted by atomic mass is 32.1. The van der Waals surface area contributed by atoms with Gasteiger partial charge in [-0.25, -0.2) is 9.37 Å². The van der Waals surface area contributed by atoms with E-state index in [0.717, 1.165) is 26.9 Å². The van der Waals surface area contributed by atoms with Gasteiger partial charge in [0, 0.05) is 5.56 Å². The number of aromatic nitrogens is 1. The maximum absolute atomic E-state index is 13.8. The molecule has 1 amide bonds. The second-order valence-electron chi connectivity index (χ2n) is 8.83. The number of carbonyl (C=O) groups is 2. The molecule has 0 saturated carbocycles. The van der Waals surface area contributed by atoms with Crippen LogP contribution in [0, 0.1) is 26.6 Å². The van der Waals surface area contributed by atoms with Gasteiger partial charge in [-0.2, -0.15) is 0 Å². The first-order chi connectivity index (χ1) is 17.2. The third kappa shape index (κ3) is 3.83. The fraction of sp³-hybridized carbons (Fsp3) is 0.179. The lowest BCUT2D eigenvalue weighted by molar-refractivity contribution is -0.132. The van der Waals surface area contributed by atoms with Gasteiger partial charge in [-0.1, -0.05) is 29.5 Å². The van der Waals surface area contributed by atoms with Crippen LogP contribution in [0.1, 0.15) is 33.9 Å². The van der Waals surface area contributed by atoms with Crippen molar-refractivity contribution in [3.8, 4) is 5.75 Å². The summed E-state index contributed by atoms with van der Waals surface area (Å²) in [5.41, 5.74) is 4.28. The van der Waals surface area contributed by atoms with Gasteiger partial charge in [0.15, 0.2) is 5.13 Å². The van der Waals surface area contributed by atoms with Crippen LogP contribution in [0.15, 0.2) is 60.2 Å². The average molecular weight is 503 g/mol. The fourth-order valence-corrected chi connectivity index (χ4v) is 5.80. The molecule has 6 nitrogen and oxygen atoms in total. The number of hydrogen-bond acceptors (Lipinski definition) is 6. The Bertz CT molecular complexity index is 1570. The minimum absolute atomic E-state index is 0.0802. The molecule has 0 unspecified atom stereocenters. The van der Waals surface area contributed by atoms with Crippen molar-refractivity contribution in [3.63, 3.8) is 0 Å². The van der Waals surface area contributed by atoms with E-state index in [1.54, 1.807) is 25.3 Å². The van der Waals surface area contributed by atoms with Crippen LogP contribution in [0.25, 0.3) is 16.0 Å². The number of rotatable bonds is 4. The van der Waals surface area contributed by atoms with E-state index in [4.69, 9.17) is 9.72 Å². The lowest BCUT2D eigenvalue weighted by atomic mass is 9.95. The third-order valence-electron chi connectivity index (χ3n) is 6.32. The lowest BCUT2D eigenvalue weighted by Crippen LogP contribution is -2.29. The van der Waals surface area contributed by atoms with Crippen LogP contribution in [-0.2, 0) is 9.59 Å². The topological polar surface area (TPSA) is 79.7 Å². The first-order valence-electron chi connectivity index (χ1n) is 11.3. The lowest BCUT2D eigenvalue weighted by Gasteiger charge is -2.23. The number of thiazole rings is 1. The highest BCUT2D eigenvalue weighted by Crippen LogP contribution is 2.45. The van der Waals surface area contributed by atoms with E-state index in [9.17, 15) is 19.1 Å². The zero-order valence-corrected chi connectivity index (χ0v) is 20.9. The number of amides is 1. The Labute approximate surface area is 211 Å². The SMILES string of the molecule is COc1ccc(/C(O)=C2\C(=O)C(=O)N(c3nc4c(C)cc(C)cc4s3)[C@H]2c2ccc(F)cc2)cc1C. The van der Waals surface area contributed by atoms with Gasteiger partial charge in [0.05, 0.1) is 28.9 Å². The van der Waals surface area contributed by atoms with Crippen molar-refractivity contribution < 1.29 is 23.8 Å². The molecule has 1 aliphatic heterocycles. The number of aliphatic hydroxyl groups is 1. The molecule has 4 aromatic rings. The third-order valence-corrected chi connectivity index (χ3v) is 7.32. The summed E-state index contributed by atoms with van der Waals surface area (Å²) in [6, 6.07) is 13.5. The standard InChI is InChI=1S/C28H23FN2O4S/c1-14-11-16(3)23-21(12-14)36-28(30-23)31-24(17-5-8-19(29)9-6-17)22(26(33)27(31)34)25(32)18-7-10-20(35-4)15(2)13-18/h5-13,24,32H,1-4H3/b25-22+/t24-/m0/s1. The normalized spacial score (nSPS) is 17.2. The highest BCUT2D eigenvalue weighted by Gasteiger charge is 2.48. The van der Waals surface area contributed by atoms with Crippen molar-refractivity contribution in [3.05, 3.63) is 93.8 Å². The van der Waals surface area contributed by atoms with Crippen LogP contribution in [-0.4, -0.2) is 28.9 Å². The molecule has 1 aromatic heterocycles. The van der Waals surface area contributed by atoms with E-state index in [-0.39, 0.29) is 11.3 Å². The fourth-order valence-electron chi connectivity index (χ4n) is 4.63. The van der Waals surface area contributed by atoms with Gasteiger partial charge in [0.1, 0.15) is 17.3 Å². The Morgan fingerprint density at radius 1 is 1.03 bits per heavy atom.